The lowest BCUT2D eigenvalue weighted by molar-refractivity contribution is 0.0690. The van der Waals surface area contributed by atoms with Gasteiger partial charge in [-0.25, -0.2) is 14.8 Å². The molecule has 2 rings (SSSR count). The summed E-state index contributed by atoms with van der Waals surface area (Å²) < 4.78 is 5.22. The molecule has 1 N–H and O–H groups in total. The van der Waals surface area contributed by atoms with Crippen LogP contribution in [0.2, 0.25) is 0 Å². The van der Waals surface area contributed by atoms with Crippen molar-refractivity contribution in [2.24, 2.45) is 0 Å². The molecule has 0 radical (unpaired) electrons. The lowest BCUT2D eigenvalue weighted by Gasteiger charge is -2.20. The molecule has 0 amide bonds. The number of nitrogens with zero attached hydrogens (tertiary/aromatic N) is 3. The number of aromatic carboxylic acids is 1. The maximum absolute atomic E-state index is 11.1. The second kappa shape index (κ2) is 5.51. The minimum absolute atomic E-state index is 0.0386. The summed E-state index contributed by atoms with van der Waals surface area (Å²) in [6, 6.07) is 4.89. The van der Waals surface area contributed by atoms with E-state index in [-0.39, 0.29) is 11.5 Å². The van der Waals surface area contributed by atoms with Crippen LogP contribution >= 0.6 is 0 Å². The fraction of sp³-hybridized carbons (Fsp3) is 0.308. The van der Waals surface area contributed by atoms with Crippen LogP contribution in [0.5, 0.6) is 0 Å². The number of anilines is 1. The van der Waals surface area contributed by atoms with Crippen molar-refractivity contribution in [3.05, 3.63) is 30.2 Å². The summed E-state index contributed by atoms with van der Waals surface area (Å²) in [4.78, 5) is 21.4. The number of hydrogen-bond acceptors (Lipinski definition) is 5. The fourth-order valence-electron chi connectivity index (χ4n) is 1.77. The third kappa shape index (κ3) is 2.73. The summed E-state index contributed by atoms with van der Waals surface area (Å²) >= 11 is 0. The Morgan fingerprint density at radius 1 is 1.37 bits per heavy atom. The first kappa shape index (κ1) is 13.1. The Labute approximate surface area is 110 Å². The molecule has 100 valence electrons. The topological polar surface area (TPSA) is 79.5 Å². The van der Waals surface area contributed by atoms with E-state index >= 15 is 0 Å². The number of carbonyl (C=O) groups is 1. The molecule has 0 saturated heterocycles. The number of aromatic nitrogens is 2. The van der Waals surface area contributed by atoms with Gasteiger partial charge in [0.15, 0.2) is 17.3 Å². The van der Waals surface area contributed by atoms with Gasteiger partial charge in [0.05, 0.1) is 6.26 Å². The number of rotatable bonds is 5. The van der Waals surface area contributed by atoms with Gasteiger partial charge in [-0.2, -0.15) is 0 Å². The highest BCUT2D eigenvalue weighted by molar-refractivity contribution is 5.86. The molecule has 0 bridgehead atoms. The number of hydrogen-bond donors (Lipinski definition) is 1. The number of carboxylic acids is 1. The second-order valence-electron chi connectivity index (χ2n) is 3.89. The summed E-state index contributed by atoms with van der Waals surface area (Å²) in [6.07, 6.45) is 1.50. The highest BCUT2D eigenvalue weighted by atomic mass is 16.4. The average molecular weight is 261 g/mol. The molecule has 2 aromatic heterocycles. The van der Waals surface area contributed by atoms with Gasteiger partial charge in [0, 0.05) is 19.2 Å². The van der Waals surface area contributed by atoms with Crippen LogP contribution < -0.4 is 4.90 Å². The second-order valence-corrected chi connectivity index (χ2v) is 3.89. The van der Waals surface area contributed by atoms with E-state index in [2.05, 4.69) is 9.97 Å². The molecule has 0 aromatic carbocycles. The molecule has 0 unspecified atom stereocenters. The SMILES string of the molecule is CCN(CC)c1cc(C(=O)O)nc(-c2ccco2)n1. The third-order valence-electron chi connectivity index (χ3n) is 2.76. The van der Waals surface area contributed by atoms with Gasteiger partial charge in [0.1, 0.15) is 5.82 Å². The monoisotopic (exact) mass is 261 g/mol. The molecular formula is C13H15N3O3. The third-order valence-corrected chi connectivity index (χ3v) is 2.76. The van der Waals surface area contributed by atoms with Gasteiger partial charge in [-0.1, -0.05) is 0 Å². The van der Waals surface area contributed by atoms with Crippen molar-refractivity contribution in [3.8, 4) is 11.6 Å². The lowest BCUT2D eigenvalue weighted by Crippen LogP contribution is -2.24. The molecule has 19 heavy (non-hydrogen) atoms. The normalized spacial score (nSPS) is 10.4. The van der Waals surface area contributed by atoms with E-state index < -0.39 is 5.97 Å². The van der Waals surface area contributed by atoms with Gasteiger partial charge >= 0.3 is 5.97 Å². The smallest absolute Gasteiger partial charge is 0.354 e. The zero-order chi connectivity index (χ0) is 13.8. The Bertz CT molecular complexity index is 563. The van der Waals surface area contributed by atoms with E-state index in [1.165, 1.54) is 12.3 Å². The highest BCUT2D eigenvalue weighted by Crippen LogP contribution is 2.20. The standard InChI is InChI=1S/C13H15N3O3/c1-3-16(4-2)11-8-9(13(17)18)14-12(15-11)10-6-5-7-19-10/h5-8H,3-4H2,1-2H3,(H,17,18). The van der Waals surface area contributed by atoms with Crippen LogP contribution in [0.3, 0.4) is 0 Å². The molecule has 0 aliphatic heterocycles. The zero-order valence-corrected chi connectivity index (χ0v) is 10.8. The van der Waals surface area contributed by atoms with Crippen molar-refractivity contribution in [2.75, 3.05) is 18.0 Å². The van der Waals surface area contributed by atoms with Gasteiger partial charge in [-0.15, -0.1) is 0 Å². The maximum Gasteiger partial charge on any atom is 0.354 e. The van der Waals surface area contributed by atoms with Gasteiger partial charge in [-0.3, -0.25) is 0 Å². The predicted molar refractivity (Wildman–Crippen MR) is 70.3 cm³/mol. The molecule has 0 aliphatic rings. The first-order valence-electron chi connectivity index (χ1n) is 6.06. The van der Waals surface area contributed by atoms with E-state index in [0.717, 1.165) is 13.1 Å². The molecule has 0 spiro atoms. The first-order valence-corrected chi connectivity index (χ1v) is 6.06. The molecule has 6 nitrogen and oxygen atoms in total. The van der Waals surface area contributed by atoms with Crippen molar-refractivity contribution >= 4 is 11.8 Å². The molecule has 0 fully saturated rings. The zero-order valence-electron chi connectivity index (χ0n) is 10.8. The molecule has 6 heteroatoms. The van der Waals surface area contributed by atoms with Crippen LogP contribution in [0.4, 0.5) is 5.82 Å². The van der Waals surface area contributed by atoms with Crippen LogP contribution in [0.25, 0.3) is 11.6 Å². The largest absolute Gasteiger partial charge is 0.477 e. The highest BCUT2D eigenvalue weighted by Gasteiger charge is 2.15. The molecule has 0 atom stereocenters. The Hall–Kier alpha value is -2.37. The van der Waals surface area contributed by atoms with Gasteiger partial charge in [0.2, 0.25) is 0 Å². The van der Waals surface area contributed by atoms with E-state index in [1.54, 1.807) is 12.1 Å². The van der Waals surface area contributed by atoms with Gasteiger partial charge in [-0.05, 0) is 26.0 Å². The van der Waals surface area contributed by atoms with Gasteiger partial charge < -0.3 is 14.4 Å². The van der Waals surface area contributed by atoms with E-state index in [0.29, 0.717) is 11.6 Å². The van der Waals surface area contributed by atoms with Crippen LogP contribution in [-0.2, 0) is 0 Å². The first-order chi connectivity index (χ1) is 9.15. The van der Waals surface area contributed by atoms with Crippen molar-refractivity contribution < 1.29 is 14.3 Å². The molecule has 0 aliphatic carbocycles. The van der Waals surface area contributed by atoms with Crippen molar-refractivity contribution in [1.82, 2.24) is 9.97 Å². The summed E-state index contributed by atoms with van der Waals surface area (Å²) in [7, 11) is 0. The Morgan fingerprint density at radius 3 is 2.63 bits per heavy atom. The summed E-state index contributed by atoms with van der Waals surface area (Å²) in [6.45, 7) is 5.45. The molecule has 0 saturated carbocycles. The van der Waals surface area contributed by atoms with Crippen LogP contribution in [0.1, 0.15) is 24.3 Å². The Balaban J connectivity index is 2.52. The van der Waals surface area contributed by atoms with E-state index in [9.17, 15) is 4.79 Å². The minimum Gasteiger partial charge on any atom is -0.477 e. The predicted octanol–water partition coefficient (Wildman–Crippen LogP) is 2.28. The summed E-state index contributed by atoms with van der Waals surface area (Å²) in [5, 5.41) is 9.12. The van der Waals surface area contributed by atoms with Crippen LogP contribution in [0, 0.1) is 0 Å². The summed E-state index contributed by atoms with van der Waals surface area (Å²) in [5.41, 5.74) is -0.0386. The minimum atomic E-state index is -1.08. The van der Waals surface area contributed by atoms with E-state index in [1.807, 2.05) is 18.7 Å². The van der Waals surface area contributed by atoms with Crippen LogP contribution in [-0.4, -0.2) is 34.1 Å². The number of carboxylic acid groups (broad SMARTS) is 1. The maximum atomic E-state index is 11.1. The van der Waals surface area contributed by atoms with Crippen LogP contribution in [0.15, 0.2) is 28.9 Å². The van der Waals surface area contributed by atoms with Gasteiger partial charge in [0.25, 0.3) is 0 Å². The van der Waals surface area contributed by atoms with Crippen molar-refractivity contribution in [1.29, 1.82) is 0 Å². The fourth-order valence-corrected chi connectivity index (χ4v) is 1.77. The van der Waals surface area contributed by atoms with Crippen molar-refractivity contribution in [2.45, 2.75) is 13.8 Å². The molecule has 2 heterocycles. The lowest BCUT2D eigenvalue weighted by atomic mass is 10.3. The Kier molecular flexibility index (Phi) is 3.79. The molecular weight excluding hydrogens is 246 g/mol. The molecule has 2 aromatic rings. The quantitative estimate of drug-likeness (QED) is 0.889. The van der Waals surface area contributed by atoms with Crippen molar-refractivity contribution in [3.63, 3.8) is 0 Å². The summed E-state index contributed by atoms with van der Waals surface area (Å²) in [5.74, 6) is 0.246. The average Bonchev–Trinajstić information content (AvgIpc) is 2.93. The Morgan fingerprint density at radius 2 is 2.11 bits per heavy atom. The van der Waals surface area contributed by atoms with E-state index in [4.69, 9.17) is 9.52 Å². The number of furan rings is 1.